The number of hydrogen-bond acceptors (Lipinski definition) is 4. The van der Waals surface area contributed by atoms with E-state index >= 15 is 0 Å². The fourth-order valence-electron chi connectivity index (χ4n) is 1.74. The van der Waals surface area contributed by atoms with Crippen LogP contribution in [-0.4, -0.2) is 4.98 Å². The molecule has 0 saturated carbocycles. The van der Waals surface area contributed by atoms with Crippen molar-refractivity contribution in [2.45, 2.75) is 13.0 Å². The maximum absolute atomic E-state index is 8.81. The molecule has 1 aromatic carbocycles. The number of pyridine rings is 1. The molecule has 4 heteroatoms. The lowest BCUT2D eigenvalue weighted by atomic mass is 10.1. The minimum Gasteiger partial charge on any atom is -0.398 e. The van der Waals surface area contributed by atoms with Crippen molar-refractivity contribution in [2.75, 3.05) is 11.1 Å². The van der Waals surface area contributed by atoms with Crippen LogP contribution in [0.15, 0.2) is 42.7 Å². The number of hydrogen-bond donors (Lipinski definition) is 2. The summed E-state index contributed by atoms with van der Waals surface area (Å²) in [6, 6.07) is 11.5. The average molecular weight is 238 g/mol. The van der Waals surface area contributed by atoms with Crippen molar-refractivity contribution in [3.63, 3.8) is 0 Å². The van der Waals surface area contributed by atoms with E-state index in [9.17, 15) is 0 Å². The highest BCUT2D eigenvalue weighted by molar-refractivity contribution is 5.63. The van der Waals surface area contributed by atoms with Crippen molar-refractivity contribution in [3.8, 4) is 6.07 Å². The van der Waals surface area contributed by atoms with E-state index in [1.165, 1.54) is 0 Å². The van der Waals surface area contributed by atoms with E-state index < -0.39 is 0 Å². The average Bonchev–Trinajstić information content (AvgIpc) is 2.40. The van der Waals surface area contributed by atoms with Gasteiger partial charge >= 0.3 is 0 Å². The zero-order chi connectivity index (χ0) is 13.0. The Kier molecular flexibility index (Phi) is 3.44. The highest BCUT2D eigenvalue weighted by atomic mass is 14.9. The number of aromatic nitrogens is 1. The fraction of sp³-hybridized carbons (Fsp3) is 0.143. The van der Waals surface area contributed by atoms with Crippen LogP contribution in [0.3, 0.4) is 0 Å². The zero-order valence-corrected chi connectivity index (χ0v) is 10.1. The summed E-state index contributed by atoms with van der Waals surface area (Å²) in [7, 11) is 0. The predicted octanol–water partition coefficient (Wildman–Crippen LogP) is 2.71. The number of nitrogen functional groups attached to an aromatic ring is 1. The van der Waals surface area contributed by atoms with Crippen molar-refractivity contribution in [3.05, 3.63) is 53.9 Å². The summed E-state index contributed by atoms with van der Waals surface area (Å²) >= 11 is 0. The van der Waals surface area contributed by atoms with E-state index in [-0.39, 0.29) is 6.04 Å². The molecule has 0 aliphatic carbocycles. The van der Waals surface area contributed by atoms with Crippen molar-refractivity contribution < 1.29 is 0 Å². The Bertz CT molecular complexity index is 572. The lowest BCUT2D eigenvalue weighted by Gasteiger charge is -2.16. The fourth-order valence-corrected chi connectivity index (χ4v) is 1.74. The van der Waals surface area contributed by atoms with Gasteiger partial charge in [-0.15, -0.1) is 0 Å². The van der Waals surface area contributed by atoms with Crippen LogP contribution in [0.4, 0.5) is 11.4 Å². The van der Waals surface area contributed by atoms with Gasteiger partial charge in [0, 0.05) is 24.1 Å². The first-order valence-electron chi connectivity index (χ1n) is 5.67. The number of nitrogens with one attached hydrogen (secondary N) is 1. The summed E-state index contributed by atoms with van der Waals surface area (Å²) in [5.74, 6) is 0. The zero-order valence-electron chi connectivity index (χ0n) is 10.1. The molecule has 0 radical (unpaired) electrons. The van der Waals surface area contributed by atoms with Gasteiger partial charge in [-0.05, 0) is 42.8 Å². The van der Waals surface area contributed by atoms with E-state index in [0.29, 0.717) is 11.3 Å². The van der Waals surface area contributed by atoms with Gasteiger partial charge in [0.2, 0.25) is 0 Å². The van der Waals surface area contributed by atoms with Gasteiger partial charge in [-0.1, -0.05) is 0 Å². The van der Waals surface area contributed by atoms with E-state index in [2.05, 4.69) is 17.2 Å². The molecule has 1 unspecified atom stereocenters. The van der Waals surface area contributed by atoms with Gasteiger partial charge in [-0.2, -0.15) is 5.26 Å². The Morgan fingerprint density at radius 3 is 2.61 bits per heavy atom. The third-order valence-corrected chi connectivity index (χ3v) is 2.76. The van der Waals surface area contributed by atoms with Gasteiger partial charge in [0.15, 0.2) is 0 Å². The van der Waals surface area contributed by atoms with Gasteiger partial charge < -0.3 is 11.1 Å². The number of anilines is 2. The summed E-state index contributed by atoms with van der Waals surface area (Å²) in [4.78, 5) is 3.99. The summed E-state index contributed by atoms with van der Waals surface area (Å²) in [6.07, 6.45) is 3.53. The normalized spacial score (nSPS) is 11.6. The summed E-state index contributed by atoms with van der Waals surface area (Å²) in [6.45, 7) is 2.06. The molecule has 3 N–H and O–H groups in total. The number of nitrogens with zero attached hydrogens (tertiary/aromatic N) is 2. The van der Waals surface area contributed by atoms with Crippen molar-refractivity contribution in [1.29, 1.82) is 5.26 Å². The van der Waals surface area contributed by atoms with Crippen molar-refractivity contribution in [2.24, 2.45) is 0 Å². The van der Waals surface area contributed by atoms with E-state index in [0.717, 1.165) is 11.3 Å². The van der Waals surface area contributed by atoms with Gasteiger partial charge in [0.25, 0.3) is 0 Å². The smallest absolute Gasteiger partial charge is 0.101 e. The van der Waals surface area contributed by atoms with Gasteiger partial charge in [0.05, 0.1) is 11.3 Å². The monoisotopic (exact) mass is 238 g/mol. The molecule has 0 aliphatic rings. The lowest BCUT2D eigenvalue weighted by molar-refractivity contribution is 0.881. The van der Waals surface area contributed by atoms with Crippen LogP contribution in [0.1, 0.15) is 24.1 Å². The van der Waals surface area contributed by atoms with Crippen molar-refractivity contribution in [1.82, 2.24) is 4.98 Å². The standard InChI is InChI=1S/C14H14N4/c1-10(11-4-6-17-7-5-11)18-13-3-2-12(9-15)14(16)8-13/h2-8,10,18H,16H2,1H3. The van der Waals surface area contributed by atoms with Crippen LogP contribution >= 0.6 is 0 Å². The molecule has 0 fully saturated rings. The molecule has 1 atom stereocenters. The van der Waals surface area contributed by atoms with Gasteiger partial charge in [-0.25, -0.2) is 0 Å². The van der Waals surface area contributed by atoms with E-state index in [1.54, 1.807) is 24.5 Å². The molecule has 18 heavy (non-hydrogen) atoms. The third kappa shape index (κ3) is 2.58. The van der Waals surface area contributed by atoms with Gasteiger partial charge in [0.1, 0.15) is 6.07 Å². The third-order valence-electron chi connectivity index (χ3n) is 2.76. The number of nitrogens with two attached hydrogens (primary N) is 1. The highest BCUT2D eigenvalue weighted by Gasteiger charge is 2.06. The largest absolute Gasteiger partial charge is 0.398 e. The maximum Gasteiger partial charge on any atom is 0.101 e. The topological polar surface area (TPSA) is 74.7 Å². The second kappa shape index (κ2) is 5.19. The Morgan fingerprint density at radius 1 is 1.28 bits per heavy atom. The molecule has 0 amide bonds. The van der Waals surface area contributed by atoms with E-state index in [4.69, 9.17) is 11.0 Å². The van der Waals surface area contributed by atoms with E-state index in [1.807, 2.05) is 24.3 Å². The van der Waals surface area contributed by atoms with Gasteiger partial charge in [-0.3, -0.25) is 4.98 Å². The molecule has 0 spiro atoms. The molecule has 0 saturated heterocycles. The molecule has 90 valence electrons. The Labute approximate surface area is 106 Å². The van der Waals surface area contributed by atoms with Crippen LogP contribution in [0.5, 0.6) is 0 Å². The molecule has 1 aromatic heterocycles. The van der Waals surface area contributed by atoms with Crippen LogP contribution in [0, 0.1) is 11.3 Å². The SMILES string of the molecule is CC(Nc1ccc(C#N)c(N)c1)c1ccncc1. The number of nitriles is 1. The Balaban J connectivity index is 2.15. The quantitative estimate of drug-likeness (QED) is 0.806. The number of rotatable bonds is 3. The lowest BCUT2D eigenvalue weighted by Crippen LogP contribution is -2.07. The first-order chi connectivity index (χ1) is 8.70. The predicted molar refractivity (Wildman–Crippen MR) is 71.8 cm³/mol. The Hall–Kier alpha value is -2.54. The second-order valence-corrected chi connectivity index (χ2v) is 4.06. The summed E-state index contributed by atoms with van der Waals surface area (Å²) in [5.41, 5.74) is 8.81. The molecule has 4 nitrogen and oxygen atoms in total. The maximum atomic E-state index is 8.81. The molecule has 0 bridgehead atoms. The van der Waals surface area contributed by atoms with Crippen LogP contribution < -0.4 is 11.1 Å². The summed E-state index contributed by atoms with van der Waals surface area (Å²) < 4.78 is 0. The molecule has 2 rings (SSSR count). The van der Waals surface area contributed by atoms with Crippen LogP contribution in [-0.2, 0) is 0 Å². The minimum absolute atomic E-state index is 0.153. The minimum atomic E-state index is 0.153. The first-order valence-corrected chi connectivity index (χ1v) is 5.67. The molecular formula is C14H14N4. The first kappa shape index (κ1) is 11.9. The second-order valence-electron chi connectivity index (χ2n) is 4.06. The molecular weight excluding hydrogens is 224 g/mol. The molecule has 1 heterocycles. The molecule has 0 aliphatic heterocycles. The highest BCUT2D eigenvalue weighted by Crippen LogP contribution is 2.22. The van der Waals surface area contributed by atoms with Crippen molar-refractivity contribution >= 4 is 11.4 Å². The van der Waals surface area contributed by atoms with Crippen LogP contribution in [0.2, 0.25) is 0 Å². The Morgan fingerprint density at radius 2 is 2.00 bits per heavy atom. The summed E-state index contributed by atoms with van der Waals surface area (Å²) in [5, 5.41) is 12.1. The molecule has 2 aromatic rings. The number of benzene rings is 1. The van der Waals surface area contributed by atoms with Crippen LogP contribution in [0.25, 0.3) is 0 Å².